The number of anilines is 2. The number of nitrogens with one attached hydrogen (secondary N) is 2. The number of carboxylic acids is 1. The van der Waals surface area contributed by atoms with E-state index >= 15 is 0 Å². The quantitative estimate of drug-likeness (QED) is 0.462. The summed E-state index contributed by atoms with van der Waals surface area (Å²) in [6, 6.07) is 18.1. The van der Waals surface area contributed by atoms with Gasteiger partial charge in [-0.25, -0.2) is 9.59 Å². The van der Waals surface area contributed by atoms with E-state index in [1.165, 1.54) is 6.07 Å². The Balaban J connectivity index is 1.74. The van der Waals surface area contributed by atoms with Crippen molar-refractivity contribution in [2.75, 3.05) is 10.6 Å². The Bertz CT molecular complexity index is 1000. The van der Waals surface area contributed by atoms with Gasteiger partial charge in [0.25, 0.3) is 0 Å². The molecule has 0 saturated heterocycles. The molecule has 0 aliphatic rings. The number of aromatic hydroxyl groups is 1. The number of hydrogen-bond acceptors (Lipinski definition) is 3. The first-order valence-corrected chi connectivity index (χ1v) is 8.73. The second-order valence-corrected chi connectivity index (χ2v) is 6.50. The lowest BCUT2D eigenvalue weighted by molar-refractivity contribution is 0.0694. The average molecular weight is 427 g/mol. The highest BCUT2D eigenvalue weighted by Gasteiger charge is 2.14. The maximum Gasteiger partial charge on any atom is 0.339 e. The van der Waals surface area contributed by atoms with Gasteiger partial charge in [-0.15, -0.1) is 0 Å². The first-order chi connectivity index (χ1) is 13.0. The molecule has 3 aromatic rings. The van der Waals surface area contributed by atoms with Crippen LogP contribution in [0.5, 0.6) is 5.75 Å². The van der Waals surface area contributed by atoms with E-state index in [0.29, 0.717) is 22.5 Å². The predicted molar refractivity (Wildman–Crippen MR) is 107 cm³/mol. The Morgan fingerprint density at radius 2 is 1.56 bits per heavy atom. The molecule has 0 spiro atoms. The van der Waals surface area contributed by atoms with E-state index in [9.17, 15) is 14.7 Å². The van der Waals surface area contributed by atoms with Crippen LogP contribution in [-0.4, -0.2) is 22.2 Å². The van der Waals surface area contributed by atoms with Gasteiger partial charge in [0.2, 0.25) is 0 Å². The molecule has 0 aliphatic heterocycles. The maximum absolute atomic E-state index is 12.1. The van der Waals surface area contributed by atoms with Crippen LogP contribution in [0.3, 0.4) is 0 Å². The van der Waals surface area contributed by atoms with Gasteiger partial charge in [-0.2, -0.15) is 0 Å². The molecule has 0 fully saturated rings. The third-order valence-electron chi connectivity index (χ3n) is 3.84. The van der Waals surface area contributed by atoms with Crippen molar-refractivity contribution in [1.82, 2.24) is 0 Å². The van der Waals surface area contributed by atoms with Gasteiger partial charge in [0, 0.05) is 15.7 Å². The van der Waals surface area contributed by atoms with Gasteiger partial charge in [0.05, 0.1) is 5.69 Å². The molecule has 3 rings (SSSR count). The van der Waals surface area contributed by atoms with Crippen LogP contribution in [0.2, 0.25) is 0 Å². The molecule has 0 atom stereocenters. The number of phenols is 1. The molecule has 6 nitrogen and oxygen atoms in total. The standard InChI is InChI=1S/C20H15BrN2O4/c21-16-6-1-2-7-17(16)23-20(27)22-13-10-8-12(9-11-13)14-4-3-5-15(18(14)24)19(25)26/h1-11,24H,(H,25,26)(H2,22,23,27). The van der Waals surface area contributed by atoms with Gasteiger partial charge in [-0.3, -0.25) is 0 Å². The van der Waals surface area contributed by atoms with Gasteiger partial charge in [-0.1, -0.05) is 36.4 Å². The fourth-order valence-electron chi connectivity index (χ4n) is 2.53. The predicted octanol–water partition coefficient (Wildman–Crippen LogP) is 5.16. The van der Waals surface area contributed by atoms with E-state index in [2.05, 4.69) is 26.6 Å². The Morgan fingerprint density at radius 1 is 0.852 bits per heavy atom. The lowest BCUT2D eigenvalue weighted by Crippen LogP contribution is -2.19. The number of aromatic carboxylic acids is 1. The largest absolute Gasteiger partial charge is 0.506 e. The Morgan fingerprint density at radius 3 is 2.22 bits per heavy atom. The molecule has 0 heterocycles. The number of halogens is 1. The van der Waals surface area contributed by atoms with Crippen molar-refractivity contribution in [1.29, 1.82) is 0 Å². The summed E-state index contributed by atoms with van der Waals surface area (Å²) in [7, 11) is 0. The first kappa shape index (κ1) is 18.5. The summed E-state index contributed by atoms with van der Waals surface area (Å²) in [4.78, 5) is 23.3. The number of hydrogen-bond donors (Lipinski definition) is 4. The summed E-state index contributed by atoms with van der Waals surface area (Å²) >= 11 is 3.36. The zero-order chi connectivity index (χ0) is 19.4. The zero-order valence-corrected chi connectivity index (χ0v) is 15.5. The molecular weight excluding hydrogens is 412 g/mol. The first-order valence-electron chi connectivity index (χ1n) is 7.94. The summed E-state index contributed by atoms with van der Waals surface area (Å²) in [6.07, 6.45) is 0. The molecular formula is C20H15BrN2O4. The van der Waals surface area contributed by atoms with Crippen LogP contribution in [0.15, 0.2) is 71.2 Å². The Labute approximate surface area is 163 Å². The molecule has 0 unspecified atom stereocenters. The molecule has 0 saturated carbocycles. The van der Waals surface area contributed by atoms with Crippen molar-refractivity contribution in [2.45, 2.75) is 0 Å². The fourth-order valence-corrected chi connectivity index (χ4v) is 2.91. The van der Waals surface area contributed by atoms with Gasteiger partial charge >= 0.3 is 12.0 Å². The zero-order valence-electron chi connectivity index (χ0n) is 13.9. The molecule has 2 amide bonds. The van der Waals surface area contributed by atoms with Crippen LogP contribution in [-0.2, 0) is 0 Å². The highest BCUT2D eigenvalue weighted by atomic mass is 79.9. The SMILES string of the molecule is O=C(Nc1ccc(-c2cccc(C(=O)O)c2O)cc1)Nc1ccccc1Br. The number of urea groups is 1. The number of carboxylic acid groups (broad SMARTS) is 1. The summed E-state index contributed by atoms with van der Waals surface area (Å²) < 4.78 is 0.768. The smallest absolute Gasteiger partial charge is 0.339 e. The Kier molecular flexibility index (Phi) is 5.42. The van der Waals surface area contributed by atoms with Crippen LogP contribution in [0, 0.1) is 0 Å². The second-order valence-electron chi connectivity index (χ2n) is 5.64. The topological polar surface area (TPSA) is 98.7 Å². The average Bonchev–Trinajstić information content (AvgIpc) is 2.64. The third kappa shape index (κ3) is 4.27. The summed E-state index contributed by atoms with van der Waals surface area (Å²) in [5.74, 6) is -1.49. The highest BCUT2D eigenvalue weighted by Crippen LogP contribution is 2.32. The summed E-state index contributed by atoms with van der Waals surface area (Å²) in [5.41, 5.74) is 2.06. The van der Waals surface area contributed by atoms with E-state index in [-0.39, 0.29) is 11.3 Å². The van der Waals surface area contributed by atoms with Crippen LogP contribution >= 0.6 is 15.9 Å². The monoisotopic (exact) mass is 426 g/mol. The van der Waals surface area contributed by atoms with E-state index in [1.807, 2.05) is 18.2 Å². The molecule has 3 aromatic carbocycles. The van der Waals surface area contributed by atoms with Gasteiger partial charge in [0.1, 0.15) is 11.3 Å². The minimum absolute atomic E-state index is 0.164. The van der Waals surface area contributed by atoms with Gasteiger partial charge in [0.15, 0.2) is 0 Å². The molecule has 0 aliphatic carbocycles. The number of para-hydroxylation sites is 2. The van der Waals surface area contributed by atoms with Crippen LogP contribution in [0.4, 0.5) is 16.2 Å². The molecule has 0 radical (unpaired) electrons. The molecule has 4 N–H and O–H groups in total. The fraction of sp³-hybridized carbons (Fsp3) is 0. The summed E-state index contributed by atoms with van der Waals surface area (Å²) in [6.45, 7) is 0. The number of amides is 2. The lowest BCUT2D eigenvalue weighted by Gasteiger charge is -2.11. The van der Waals surface area contributed by atoms with Crippen molar-refractivity contribution < 1.29 is 19.8 Å². The van der Waals surface area contributed by atoms with Gasteiger partial charge in [-0.05, 0) is 51.8 Å². The molecule has 136 valence electrons. The number of carbonyl (C=O) groups excluding carboxylic acids is 1. The highest BCUT2D eigenvalue weighted by molar-refractivity contribution is 9.10. The van der Waals surface area contributed by atoms with Gasteiger partial charge < -0.3 is 20.8 Å². The molecule has 7 heteroatoms. The van der Waals surface area contributed by atoms with Crippen molar-refractivity contribution in [3.05, 3.63) is 76.8 Å². The number of carbonyl (C=O) groups is 2. The third-order valence-corrected chi connectivity index (χ3v) is 4.53. The van der Waals surface area contributed by atoms with Crippen LogP contribution in [0.25, 0.3) is 11.1 Å². The molecule has 27 heavy (non-hydrogen) atoms. The molecule has 0 aromatic heterocycles. The van der Waals surface area contributed by atoms with E-state index in [1.54, 1.807) is 42.5 Å². The van der Waals surface area contributed by atoms with Crippen molar-refractivity contribution in [3.8, 4) is 16.9 Å². The maximum atomic E-state index is 12.1. The minimum atomic E-state index is -1.20. The molecule has 0 bridgehead atoms. The van der Waals surface area contributed by atoms with Crippen LogP contribution < -0.4 is 10.6 Å². The van der Waals surface area contributed by atoms with Crippen molar-refractivity contribution >= 4 is 39.3 Å². The van der Waals surface area contributed by atoms with E-state index < -0.39 is 12.0 Å². The van der Waals surface area contributed by atoms with Crippen LogP contribution in [0.1, 0.15) is 10.4 Å². The van der Waals surface area contributed by atoms with Crippen molar-refractivity contribution in [3.63, 3.8) is 0 Å². The Hall–Kier alpha value is -3.32. The number of rotatable bonds is 4. The van der Waals surface area contributed by atoms with Crippen molar-refractivity contribution in [2.24, 2.45) is 0 Å². The van der Waals surface area contributed by atoms with E-state index in [4.69, 9.17) is 5.11 Å². The summed E-state index contributed by atoms with van der Waals surface area (Å²) in [5, 5.41) is 24.7. The lowest BCUT2D eigenvalue weighted by atomic mass is 10.0. The second kappa shape index (κ2) is 7.92. The number of benzene rings is 3. The van der Waals surface area contributed by atoms with E-state index in [0.717, 1.165) is 4.47 Å². The normalized spacial score (nSPS) is 10.3. The minimum Gasteiger partial charge on any atom is -0.506 e.